The molecule has 0 radical (unpaired) electrons. The molecular weight excluding hydrogens is 823 g/mol. The number of carbonyl (C=O) groups excluding carboxylic acids is 5. The molecule has 62 heavy (non-hydrogen) atoms. The van der Waals surface area contributed by atoms with Crippen molar-refractivity contribution in [1.29, 1.82) is 0 Å². The maximum atomic E-state index is 13.2. The maximum absolute atomic E-state index is 13.2. The van der Waals surface area contributed by atoms with Crippen molar-refractivity contribution in [3.63, 3.8) is 0 Å². The standard InChI is InChI=1S/C44H73N5O12S/c1-2-29-46-35-25-22-33(23-26-35)43(56)47-30-18-17-19-37(42(45)55)49-40(52)27-24-34(44(57)58)32-38(50)36(28-31-62(59,60)61)48-39(51)20-15-13-11-9-7-5-3-4-6-8-10-12-14-16-21-41(53)54/h22-23,25-26,34,36-37,46H,2-21,24,27-32H2,1H3,(H2,45,55)(H,47,56)(H,48,51)(H,49,52)(H,53,54)(H,57,58)(H,59,60,61)/t34-,36+,37+/m1/s1. The van der Waals surface area contributed by atoms with Gasteiger partial charge in [0.2, 0.25) is 17.7 Å². The van der Waals surface area contributed by atoms with Crippen LogP contribution in [0.4, 0.5) is 5.69 Å². The first kappa shape index (κ1) is 55.4. The van der Waals surface area contributed by atoms with Crippen LogP contribution in [0.5, 0.6) is 0 Å². The quantitative estimate of drug-likeness (QED) is 0.0282. The summed E-state index contributed by atoms with van der Waals surface area (Å²) >= 11 is 0. The zero-order valence-electron chi connectivity index (χ0n) is 36.6. The van der Waals surface area contributed by atoms with E-state index in [1.165, 1.54) is 12.8 Å². The Bertz CT molecular complexity index is 1620. The molecule has 1 rings (SSSR count). The molecule has 1 aromatic rings. The molecule has 0 saturated heterocycles. The Hall–Kier alpha value is -4.58. The number of rotatable bonds is 39. The molecule has 17 nitrogen and oxygen atoms in total. The number of benzene rings is 1. The third-order valence-electron chi connectivity index (χ3n) is 10.6. The van der Waals surface area contributed by atoms with Crippen LogP contribution in [0.1, 0.15) is 171 Å². The van der Waals surface area contributed by atoms with Gasteiger partial charge in [-0.05, 0) is 75.6 Å². The summed E-state index contributed by atoms with van der Waals surface area (Å²) in [6.07, 6.45) is 14.7. The van der Waals surface area contributed by atoms with Gasteiger partial charge in [-0.1, -0.05) is 84.0 Å². The van der Waals surface area contributed by atoms with Gasteiger partial charge >= 0.3 is 11.9 Å². The second-order valence-corrected chi connectivity index (χ2v) is 17.6. The SMILES string of the molecule is CCCNc1ccc(C(=O)NCCCC[C@H](NC(=O)CC[C@H](CC(=O)[C@H](CCS(=O)(=O)O)NC(=O)CCCCCCCCCCCCCCCCC(=O)O)C(=O)O)C(N)=O)cc1. The average molecular weight is 896 g/mol. The van der Waals surface area contributed by atoms with Crippen molar-refractivity contribution < 1.29 is 56.7 Å². The van der Waals surface area contributed by atoms with Crippen molar-refractivity contribution in [2.75, 3.05) is 24.2 Å². The number of nitrogens with two attached hydrogens (primary N) is 1. The van der Waals surface area contributed by atoms with Gasteiger partial charge in [-0.2, -0.15) is 8.42 Å². The third kappa shape index (κ3) is 28.9. The van der Waals surface area contributed by atoms with E-state index in [-0.39, 0.29) is 38.0 Å². The van der Waals surface area contributed by atoms with Gasteiger partial charge in [-0.3, -0.25) is 38.1 Å². The van der Waals surface area contributed by atoms with E-state index in [2.05, 4.69) is 28.2 Å². The lowest BCUT2D eigenvalue weighted by atomic mass is 9.93. The van der Waals surface area contributed by atoms with Gasteiger partial charge in [-0.25, -0.2) is 0 Å². The molecule has 3 atom stereocenters. The predicted molar refractivity (Wildman–Crippen MR) is 237 cm³/mol. The molecule has 0 heterocycles. The summed E-state index contributed by atoms with van der Waals surface area (Å²) in [4.78, 5) is 85.9. The minimum absolute atomic E-state index is 0.0793. The fourth-order valence-electron chi connectivity index (χ4n) is 6.87. The van der Waals surface area contributed by atoms with Crippen LogP contribution >= 0.6 is 0 Å². The van der Waals surface area contributed by atoms with Gasteiger partial charge in [0.05, 0.1) is 17.7 Å². The van der Waals surface area contributed by atoms with Crippen LogP contribution in [-0.2, 0) is 38.9 Å². The largest absolute Gasteiger partial charge is 0.481 e. The Kier molecular flexibility index (Phi) is 29.5. The maximum Gasteiger partial charge on any atom is 0.306 e. The Morgan fingerprint density at radius 3 is 1.65 bits per heavy atom. The summed E-state index contributed by atoms with van der Waals surface area (Å²) in [5.41, 5.74) is 6.90. The zero-order chi connectivity index (χ0) is 46.2. The van der Waals surface area contributed by atoms with E-state index in [1.807, 2.05) is 12.1 Å². The molecule has 0 bridgehead atoms. The second kappa shape index (κ2) is 33.0. The molecule has 0 saturated carbocycles. The summed E-state index contributed by atoms with van der Waals surface area (Å²) in [6.45, 7) is 3.19. The van der Waals surface area contributed by atoms with Crippen LogP contribution in [0.3, 0.4) is 0 Å². The number of carbonyl (C=O) groups is 7. The molecule has 0 unspecified atom stereocenters. The molecule has 18 heteroatoms. The molecule has 0 aliphatic rings. The van der Waals surface area contributed by atoms with Crippen LogP contribution in [0.15, 0.2) is 24.3 Å². The molecule has 0 fully saturated rings. The van der Waals surface area contributed by atoms with Crippen molar-refractivity contribution in [2.45, 2.75) is 173 Å². The number of hydrogen-bond acceptors (Lipinski definition) is 10. The van der Waals surface area contributed by atoms with Crippen LogP contribution < -0.4 is 27.0 Å². The molecule has 4 amide bonds. The molecule has 0 aliphatic heterocycles. The smallest absolute Gasteiger partial charge is 0.306 e. The van der Waals surface area contributed by atoms with Crippen LogP contribution in [0, 0.1) is 5.92 Å². The lowest BCUT2D eigenvalue weighted by Gasteiger charge is -2.20. The number of aliphatic carboxylic acids is 2. The molecular formula is C44H73N5O12S. The minimum atomic E-state index is -4.50. The van der Waals surface area contributed by atoms with E-state index >= 15 is 0 Å². The first-order valence-electron chi connectivity index (χ1n) is 22.4. The molecule has 1 aromatic carbocycles. The number of nitrogens with one attached hydrogen (secondary N) is 4. The van der Waals surface area contributed by atoms with Crippen LogP contribution in [-0.4, -0.2) is 95.5 Å². The van der Waals surface area contributed by atoms with E-state index in [0.29, 0.717) is 31.4 Å². The number of unbranched alkanes of at least 4 members (excludes halogenated alkanes) is 14. The van der Waals surface area contributed by atoms with E-state index < -0.39 is 82.2 Å². The van der Waals surface area contributed by atoms with Crippen LogP contribution in [0.2, 0.25) is 0 Å². The highest BCUT2D eigenvalue weighted by Gasteiger charge is 2.29. The summed E-state index contributed by atoms with van der Waals surface area (Å²) in [6, 6.07) is 4.66. The monoisotopic (exact) mass is 895 g/mol. The van der Waals surface area contributed by atoms with Crippen molar-refractivity contribution in [3.8, 4) is 0 Å². The Balaban J connectivity index is 2.46. The molecule has 0 spiro atoms. The van der Waals surface area contributed by atoms with E-state index in [4.69, 9.17) is 10.8 Å². The number of hydrogen-bond donors (Lipinski definition) is 8. The van der Waals surface area contributed by atoms with E-state index in [1.54, 1.807) is 12.1 Å². The molecule has 9 N–H and O–H groups in total. The molecule has 0 aliphatic carbocycles. The van der Waals surface area contributed by atoms with Crippen molar-refractivity contribution >= 4 is 57.2 Å². The van der Waals surface area contributed by atoms with Crippen molar-refractivity contribution in [3.05, 3.63) is 29.8 Å². The Morgan fingerprint density at radius 2 is 1.15 bits per heavy atom. The fourth-order valence-corrected chi connectivity index (χ4v) is 7.41. The third-order valence-corrected chi connectivity index (χ3v) is 11.3. The number of primary amides is 1. The highest BCUT2D eigenvalue weighted by molar-refractivity contribution is 7.85. The molecule has 352 valence electrons. The van der Waals surface area contributed by atoms with E-state index in [9.17, 15) is 51.6 Å². The Morgan fingerprint density at radius 1 is 0.629 bits per heavy atom. The average Bonchev–Trinajstić information content (AvgIpc) is 3.21. The number of carboxylic acid groups (broad SMARTS) is 2. The summed E-state index contributed by atoms with van der Waals surface area (Å²) in [5, 5.41) is 29.6. The summed E-state index contributed by atoms with van der Waals surface area (Å²) in [7, 11) is -4.50. The first-order valence-corrected chi connectivity index (χ1v) is 24.1. The lowest BCUT2D eigenvalue weighted by Crippen LogP contribution is -2.45. The number of anilines is 1. The lowest BCUT2D eigenvalue weighted by molar-refractivity contribution is -0.144. The predicted octanol–water partition coefficient (Wildman–Crippen LogP) is 5.91. The van der Waals surface area contributed by atoms with Gasteiger partial charge in [-0.15, -0.1) is 0 Å². The summed E-state index contributed by atoms with van der Waals surface area (Å²) in [5.74, 6) is -7.28. The van der Waals surface area contributed by atoms with Crippen LogP contribution in [0.25, 0.3) is 0 Å². The normalized spacial score (nSPS) is 12.7. The van der Waals surface area contributed by atoms with Gasteiger partial charge in [0.25, 0.3) is 16.0 Å². The summed E-state index contributed by atoms with van der Waals surface area (Å²) < 4.78 is 32.2. The van der Waals surface area contributed by atoms with Crippen molar-refractivity contribution in [2.24, 2.45) is 11.7 Å². The first-order chi connectivity index (χ1) is 29.5. The zero-order valence-corrected chi connectivity index (χ0v) is 37.5. The number of amides is 4. The highest BCUT2D eigenvalue weighted by atomic mass is 32.2. The van der Waals surface area contributed by atoms with Gasteiger partial charge in [0.1, 0.15) is 6.04 Å². The minimum Gasteiger partial charge on any atom is -0.481 e. The van der Waals surface area contributed by atoms with Gasteiger partial charge in [0.15, 0.2) is 5.78 Å². The topological polar surface area (TPSA) is 288 Å². The van der Waals surface area contributed by atoms with E-state index in [0.717, 1.165) is 89.3 Å². The van der Waals surface area contributed by atoms with Gasteiger partial charge < -0.3 is 37.2 Å². The fraction of sp³-hybridized carbons (Fsp3) is 0.705. The number of ketones is 1. The second-order valence-electron chi connectivity index (χ2n) is 16.1. The number of Topliss-reactive ketones (excluding diaryl/α,β-unsaturated/α-hetero) is 1. The highest BCUT2D eigenvalue weighted by Crippen LogP contribution is 2.17. The van der Waals surface area contributed by atoms with Crippen molar-refractivity contribution in [1.82, 2.24) is 16.0 Å². The van der Waals surface area contributed by atoms with Gasteiger partial charge in [0, 0.05) is 50.0 Å². The number of carboxylic acids is 2. The molecule has 0 aromatic heterocycles. The Labute approximate surface area is 367 Å².